The van der Waals surface area contributed by atoms with Crippen LogP contribution in [0.5, 0.6) is 11.5 Å². The van der Waals surface area contributed by atoms with Crippen LogP contribution in [-0.2, 0) is 22.6 Å². The molecule has 0 bridgehead atoms. The molecule has 6 nitrogen and oxygen atoms in total. The zero-order valence-electron chi connectivity index (χ0n) is 19.7. The summed E-state index contributed by atoms with van der Waals surface area (Å²) >= 11 is 6.04. The molecule has 1 atom stereocenters. The van der Waals surface area contributed by atoms with Gasteiger partial charge < -0.3 is 19.7 Å². The molecular weight excluding hydrogens is 452 g/mol. The molecule has 2 amide bonds. The molecule has 4 rings (SSSR count). The first-order valence-corrected chi connectivity index (χ1v) is 12.6. The predicted octanol–water partition coefficient (Wildman–Crippen LogP) is 4.91. The number of hydrogen-bond donors (Lipinski definition) is 1. The van der Waals surface area contributed by atoms with E-state index in [-0.39, 0.29) is 17.9 Å². The SMILES string of the molecule is C[C@@H](C(=O)NC1CCCCC1)N(Cc1ccc(Cl)cc1)C(=O)CCc1ccc2c(c1)OCCO2. The number of benzene rings is 2. The molecule has 2 aromatic carbocycles. The lowest BCUT2D eigenvalue weighted by molar-refractivity contribution is -0.141. The van der Waals surface area contributed by atoms with Gasteiger partial charge in [-0.25, -0.2) is 0 Å². The van der Waals surface area contributed by atoms with Crippen LogP contribution in [0.3, 0.4) is 0 Å². The molecule has 0 radical (unpaired) electrons. The Bertz CT molecular complexity index is 989. The number of hydrogen-bond acceptors (Lipinski definition) is 4. The third-order valence-electron chi connectivity index (χ3n) is 6.62. The van der Waals surface area contributed by atoms with Crippen LogP contribution in [0, 0.1) is 0 Å². The molecule has 1 aliphatic carbocycles. The topological polar surface area (TPSA) is 67.9 Å². The highest BCUT2D eigenvalue weighted by Gasteiger charge is 2.28. The smallest absolute Gasteiger partial charge is 0.242 e. The van der Waals surface area contributed by atoms with E-state index in [1.54, 1.807) is 4.90 Å². The monoisotopic (exact) mass is 484 g/mol. The Morgan fingerprint density at radius 3 is 2.41 bits per heavy atom. The molecule has 0 unspecified atom stereocenters. The minimum atomic E-state index is -0.564. The fraction of sp³-hybridized carbons (Fsp3) is 0.481. The van der Waals surface area contributed by atoms with Gasteiger partial charge in [0.2, 0.25) is 11.8 Å². The Kier molecular flexibility index (Phi) is 8.33. The summed E-state index contributed by atoms with van der Waals surface area (Å²) in [6.45, 7) is 3.25. The summed E-state index contributed by atoms with van der Waals surface area (Å²) in [6, 6.07) is 12.8. The maximum absolute atomic E-state index is 13.4. The number of nitrogens with one attached hydrogen (secondary N) is 1. The van der Waals surface area contributed by atoms with E-state index in [1.165, 1.54) is 6.42 Å². The van der Waals surface area contributed by atoms with Crippen molar-refractivity contribution in [2.24, 2.45) is 0 Å². The number of halogens is 1. The highest BCUT2D eigenvalue weighted by molar-refractivity contribution is 6.30. The van der Waals surface area contributed by atoms with Crippen LogP contribution in [0.2, 0.25) is 5.02 Å². The highest BCUT2D eigenvalue weighted by atomic mass is 35.5. The average Bonchev–Trinajstić information content (AvgIpc) is 2.87. The highest BCUT2D eigenvalue weighted by Crippen LogP contribution is 2.31. The van der Waals surface area contributed by atoms with Gasteiger partial charge >= 0.3 is 0 Å². The van der Waals surface area contributed by atoms with Crippen LogP contribution < -0.4 is 14.8 Å². The standard InChI is InChI=1S/C27H33ClN2O4/c1-19(27(32)29-23-5-3-2-4-6-23)30(18-21-7-11-22(28)12-8-21)26(31)14-10-20-9-13-24-25(17-20)34-16-15-33-24/h7-9,11-13,17,19,23H,2-6,10,14-16,18H2,1H3,(H,29,32)/t19-/m0/s1. The first-order chi connectivity index (χ1) is 16.5. The van der Waals surface area contributed by atoms with Gasteiger partial charge in [0, 0.05) is 24.0 Å². The van der Waals surface area contributed by atoms with Crippen LogP contribution in [0.25, 0.3) is 0 Å². The van der Waals surface area contributed by atoms with Crippen molar-refractivity contribution in [2.45, 2.75) is 70.5 Å². The van der Waals surface area contributed by atoms with E-state index < -0.39 is 6.04 Å². The van der Waals surface area contributed by atoms with Crippen LogP contribution in [0.4, 0.5) is 0 Å². The zero-order chi connectivity index (χ0) is 23.9. The number of rotatable bonds is 8. The van der Waals surface area contributed by atoms with Crippen molar-refractivity contribution in [3.05, 3.63) is 58.6 Å². The normalized spacial score (nSPS) is 16.5. The van der Waals surface area contributed by atoms with Crippen LogP contribution in [-0.4, -0.2) is 42.0 Å². The lowest BCUT2D eigenvalue weighted by Gasteiger charge is -2.31. The van der Waals surface area contributed by atoms with Crippen molar-refractivity contribution in [1.29, 1.82) is 0 Å². The van der Waals surface area contributed by atoms with Crippen molar-refractivity contribution in [2.75, 3.05) is 13.2 Å². The maximum Gasteiger partial charge on any atom is 0.242 e. The minimum Gasteiger partial charge on any atom is -0.486 e. The molecule has 0 spiro atoms. The van der Waals surface area contributed by atoms with E-state index in [9.17, 15) is 9.59 Å². The second-order valence-corrected chi connectivity index (χ2v) is 9.58. The quantitative estimate of drug-likeness (QED) is 0.578. The summed E-state index contributed by atoms with van der Waals surface area (Å²) in [5.74, 6) is 1.30. The number of carbonyl (C=O) groups is 2. The van der Waals surface area contributed by atoms with Crippen molar-refractivity contribution >= 4 is 23.4 Å². The number of aryl methyl sites for hydroxylation is 1. The van der Waals surface area contributed by atoms with E-state index in [0.29, 0.717) is 37.6 Å². The van der Waals surface area contributed by atoms with Crippen molar-refractivity contribution in [3.63, 3.8) is 0 Å². The molecule has 1 aliphatic heterocycles. The summed E-state index contributed by atoms with van der Waals surface area (Å²) < 4.78 is 11.2. The fourth-order valence-corrected chi connectivity index (χ4v) is 4.70. The summed E-state index contributed by atoms with van der Waals surface area (Å²) in [6.07, 6.45) is 6.38. The molecule has 7 heteroatoms. The molecule has 182 valence electrons. The Labute approximate surface area is 206 Å². The largest absolute Gasteiger partial charge is 0.486 e. The predicted molar refractivity (Wildman–Crippen MR) is 132 cm³/mol. The molecule has 1 fully saturated rings. The third kappa shape index (κ3) is 6.44. The Morgan fingerprint density at radius 2 is 1.68 bits per heavy atom. The summed E-state index contributed by atoms with van der Waals surface area (Å²) in [7, 11) is 0. The molecule has 1 heterocycles. The van der Waals surface area contributed by atoms with Gasteiger partial charge in [-0.1, -0.05) is 49.1 Å². The number of amides is 2. The number of fused-ring (bicyclic) bond motifs is 1. The molecule has 2 aliphatic rings. The van der Waals surface area contributed by atoms with E-state index in [4.69, 9.17) is 21.1 Å². The Hall–Kier alpha value is -2.73. The van der Waals surface area contributed by atoms with Crippen molar-refractivity contribution < 1.29 is 19.1 Å². The summed E-state index contributed by atoms with van der Waals surface area (Å²) in [5, 5.41) is 3.81. The third-order valence-corrected chi connectivity index (χ3v) is 6.87. The van der Waals surface area contributed by atoms with Gasteiger partial charge in [0.05, 0.1) is 0 Å². The van der Waals surface area contributed by atoms with Crippen molar-refractivity contribution in [3.8, 4) is 11.5 Å². The Balaban J connectivity index is 1.44. The molecule has 34 heavy (non-hydrogen) atoms. The van der Waals surface area contributed by atoms with Gasteiger partial charge in [-0.15, -0.1) is 0 Å². The van der Waals surface area contributed by atoms with Gasteiger partial charge in [-0.2, -0.15) is 0 Å². The number of carbonyl (C=O) groups excluding carboxylic acids is 2. The van der Waals surface area contributed by atoms with E-state index >= 15 is 0 Å². The first kappa shape index (κ1) is 24.4. The second-order valence-electron chi connectivity index (χ2n) is 9.15. The molecule has 2 aromatic rings. The lowest BCUT2D eigenvalue weighted by Crippen LogP contribution is -2.50. The van der Waals surface area contributed by atoms with Gasteiger partial charge in [0.1, 0.15) is 19.3 Å². The first-order valence-electron chi connectivity index (χ1n) is 12.2. The van der Waals surface area contributed by atoms with Gasteiger partial charge in [-0.3, -0.25) is 9.59 Å². The summed E-state index contributed by atoms with van der Waals surface area (Å²) in [4.78, 5) is 28.1. The molecule has 1 saturated carbocycles. The zero-order valence-corrected chi connectivity index (χ0v) is 20.5. The Morgan fingerprint density at radius 1 is 1.00 bits per heavy atom. The van der Waals surface area contributed by atoms with Gasteiger partial charge in [0.15, 0.2) is 11.5 Å². The van der Waals surface area contributed by atoms with Crippen LogP contribution in [0.15, 0.2) is 42.5 Å². The number of ether oxygens (including phenoxy) is 2. The lowest BCUT2D eigenvalue weighted by atomic mass is 9.95. The van der Waals surface area contributed by atoms with E-state index in [2.05, 4.69) is 5.32 Å². The van der Waals surface area contributed by atoms with E-state index in [1.807, 2.05) is 49.4 Å². The maximum atomic E-state index is 13.4. The van der Waals surface area contributed by atoms with Gasteiger partial charge in [-0.05, 0) is 61.6 Å². The fourth-order valence-electron chi connectivity index (χ4n) is 4.58. The minimum absolute atomic E-state index is 0.0591. The molecular formula is C27H33ClN2O4. The second kappa shape index (κ2) is 11.6. The van der Waals surface area contributed by atoms with Gasteiger partial charge in [0.25, 0.3) is 0 Å². The van der Waals surface area contributed by atoms with Crippen molar-refractivity contribution in [1.82, 2.24) is 10.2 Å². The molecule has 1 N–H and O–H groups in total. The van der Waals surface area contributed by atoms with E-state index in [0.717, 1.165) is 48.3 Å². The van der Waals surface area contributed by atoms with Crippen LogP contribution in [0.1, 0.15) is 56.6 Å². The van der Waals surface area contributed by atoms with Crippen LogP contribution >= 0.6 is 11.6 Å². The summed E-state index contributed by atoms with van der Waals surface area (Å²) in [5.41, 5.74) is 1.94. The molecule has 0 saturated heterocycles. The number of nitrogens with zero attached hydrogens (tertiary/aromatic N) is 1. The molecule has 0 aromatic heterocycles. The average molecular weight is 485 g/mol.